The second-order valence-corrected chi connectivity index (χ2v) is 8.67. The van der Waals surface area contributed by atoms with Crippen LogP contribution in [-0.4, -0.2) is 52.2 Å². The number of benzene rings is 1. The van der Waals surface area contributed by atoms with Gasteiger partial charge >= 0.3 is 0 Å². The largest absolute Gasteiger partial charge is 0.351 e. The molecule has 3 rings (SSSR count). The molecule has 0 unspecified atom stereocenters. The van der Waals surface area contributed by atoms with Crippen molar-refractivity contribution in [3.63, 3.8) is 0 Å². The molecule has 0 aliphatic carbocycles. The molecule has 1 saturated heterocycles. The Bertz CT molecular complexity index is 788. The van der Waals surface area contributed by atoms with Gasteiger partial charge in [0.05, 0.1) is 0 Å². The van der Waals surface area contributed by atoms with Crippen molar-refractivity contribution in [3.05, 3.63) is 29.8 Å². The molecule has 29 heavy (non-hydrogen) atoms. The van der Waals surface area contributed by atoms with E-state index in [9.17, 15) is 14.4 Å². The second-order valence-electron chi connectivity index (χ2n) is 7.50. The Kier molecular flexibility index (Phi) is 7.30. The van der Waals surface area contributed by atoms with Crippen molar-refractivity contribution < 1.29 is 14.4 Å². The molecule has 8 heteroatoms. The number of hydrogen-bond donors (Lipinski definition) is 2. The van der Waals surface area contributed by atoms with Gasteiger partial charge in [0.25, 0.3) is 11.8 Å². The summed E-state index contributed by atoms with van der Waals surface area (Å²) in [7, 11) is 0. The van der Waals surface area contributed by atoms with Crippen LogP contribution in [0.25, 0.3) is 0 Å². The zero-order chi connectivity index (χ0) is 20.8. The third-order valence-electron chi connectivity index (χ3n) is 5.15. The van der Waals surface area contributed by atoms with E-state index in [1.54, 1.807) is 24.3 Å². The second kappa shape index (κ2) is 9.91. The van der Waals surface area contributed by atoms with Crippen LogP contribution >= 0.6 is 11.8 Å². The first-order valence-corrected chi connectivity index (χ1v) is 11.1. The summed E-state index contributed by atoms with van der Waals surface area (Å²) in [5.74, 6) is -0.599. The van der Waals surface area contributed by atoms with Gasteiger partial charge < -0.3 is 15.5 Å². The van der Waals surface area contributed by atoms with Gasteiger partial charge in [0.15, 0.2) is 5.17 Å². The maximum atomic E-state index is 12.4. The van der Waals surface area contributed by atoms with E-state index in [-0.39, 0.29) is 30.2 Å². The summed E-state index contributed by atoms with van der Waals surface area (Å²) in [5.41, 5.74) is 1.15. The van der Waals surface area contributed by atoms with E-state index < -0.39 is 5.25 Å². The number of hydrogen-bond acceptors (Lipinski definition) is 5. The van der Waals surface area contributed by atoms with Crippen molar-refractivity contribution in [1.82, 2.24) is 10.2 Å². The highest BCUT2D eigenvalue weighted by Crippen LogP contribution is 2.29. The summed E-state index contributed by atoms with van der Waals surface area (Å²) in [6.45, 7) is 5.82. The number of likely N-dealkylation sites (tertiary alicyclic amines) is 1. The minimum Gasteiger partial charge on any atom is -0.351 e. The lowest BCUT2D eigenvalue weighted by Gasteiger charge is -2.27. The summed E-state index contributed by atoms with van der Waals surface area (Å²) in [6, 6.07) is 6.87. The molecule has 2 N–H and O–H groups in total. The van der Waals surface area contributed by atoms with Crippen molar-refractivity contribution in [3.8, 4) is 0 Å². The predicted molar refractivity (Wildman–Crippen MR) is 116 cm³/mol. The summed E-state index contributed by atoms with van der Waals surface area (Å²) in [5, 5.41) is 6.00. The van der Waals surface area contributed by atoms with Gasteiger partial charge in [0.2, 0.25) is 5.91 Å². The van der Waals surface area contributed by atoms with Gasteiger partial charge in [-0.05, 0) is 56.9 Å². The minimum absolute atomic E-state index is 0.0839. The Morgan fingerprint density at radius 1 is 1.21 bits per heavy atom. The van der Waals surface area contributed by atoms with Crippen molar-refractivity contribution >= 4 is 40.3 Å². The number of amides is 3. The van der Waals surface area contributed by atoms with E-state index in [1.165, 1.54) is 18.2 Å². The standard InChI is InChI=1S/C21H28N4O3S/c1-3-14(2)22-19(27)15-7-9-16(10-8-15)23-18(26)13-17-20(28)24-21(29-17)25-11-5-4-6-12-25/h7-10,14,17H,3-6,11-13H2,1-2H3,(H,22,27)(H,23,26)/t14-,17-/m0/s1. The first-order valence-electron chi connectivity index (χ1n) is 10.2. The molecule has 0 saturated carbocycles. The smallest absolute Gasteiger partial charge is 0.262 e. The Morgan fingerprint density at radius 2 is 1.90 bits per heavy atom. The summed E-state index contributed by atoms with van der Waals surface area (Å²) in [4.78, 5) is 43.0. The number of aliphatic imine (C=N–C) groups is 1. The molecule has 1 aromatic carbocycles. The van der Waals surface area contributed by atoms with Crippen molar-refractivity contribution in [1.29, 1.82) is 0 Å². The Balaban J connectivity index is 1.49. The fraction of sp³-hybridized carbons (Fsp3) is 0.524. The van der Waals surface area contributed by atoms with Crippen molar-refractivity contribution in [2.45, 2.75) is 57.2 Å². The van der Waals surface area contributed by atoms with Gasteiger partial charge in [0, 0.05) is 36.8 Å². The van der Waals surface area contributed by atoms with Crippen molar-refractivity contribution in [2.75, 3.05) is 18.4 Å². The number of thioether (sulfide) groups is 1. The van der Waals surface area contributed by atoms with Gasteiger partial charge in [-0.25, -0.2) is 0 Å². The Morgan fingerprint density at radius 3 is 2.55 bits per heavy atom. The predicted octanol–water partition coefficient (Wildman–Crippen LogP) is 3.03. The van der Waals surface area contributed by atoms with Gasteiger partial charge in [-0.3, -0.25) is 14.4 Å². The van der Waals surface area contributed by atoms with Crippen LogP contribution in [0.1, 0.15) is 56.3 Å². The lowest BCUT2D eigenvalue weighted by Crippen LogP contribution is -2.33. The number of anilines is 1. The van der Waals surface area contributed by atoms with E-state index in [4.69, 9.17) is 0 Å². The summed E-state index contributed by atoms with van der Waals surface area (Å²) in [6.07, 6.45) is 4.39. The zero-order valence-electron chi connectivity index (χ0n) is 16.9. The molecular weight excluding hydrogens is 388 g/mol. The molecule has 7 nitrogen and oxygen atoms in total. The topological polar surface area (TPSA) is 90.9 Å². The molecule has 0 spiro atoms. The molecule has 0 aromatic heterocycles. The highest BCUT2D eigenvalue weighted by molar-refractivity contribution is 8.15. The zero-order valence-corrected chi connectivity index (χ0v) is 17.8. The Hall–Kier alpha value is -2.35. The molecule has 156 valence electrons. The van der Waals surface area contributed by atoms with Crippen LogP contribution in [0.3, 0.4) is 0 Å². The molecule has 2 heterocycles. The first-order chi connectivity index (χ1) is 14.0. The van der Waals surface area contributed by atoms with E-state index >= 15 is 0 Å². The summed E-state index contributed by atoms with van der Waals surface area (Å²) < 4.78 is 0. The third-order valence-corrected chi connectivity index (χ3v) is 6.36. The SMILES string of the molecule is CC[C@H](C)NC(=O)c1ccc(NC(=O)C[C@@H]2SC(N3CCCCC3)=NC2=O)cc1. The fourth-order valence-corrected chi connectivity index (χ4v) is 4.34. The first kappa shape index (κ1) is 21.4. The van der Waals surface area contributed by atoms with E-state index in [0.717, 1.165) is 37.5 Å². The minimum atomic E-state index is -0.465. The van der Waals surface area contributed by atoms with Gasteiger partial charge in [-0.15, -0.1) is 0 Å². The van der Waals surface area contributed by atoms with E-state index in [0.29, 0.717) is 11.3 Å². The lowest BCUT2D eigenvalue weighted by molar-refractivity contribution is -0.121. The lowest BCUT2D eigenvalue weighted by atomic mass is 10.1. The van der Waals surface area contributed by atoms with Crippen LogP contribution in [0.4, 0.5) is 5.69 Å². The molecular formula is C21H28N4O3S. The van der Waals surface area contributed by atoms with Crippen LogP contribution in [0.5, 0.6) is 0 Å². The molecule has 2 aliphatic rings. The van der Waals surface area contributed by atoms with Crippen LogP contribution < -0.4 is 10.6 Å². The molecule has 1 aromatic rings. The Labute approximate surface area is 175 Å². The number of piperidine rings is 1. The maximum Gasteiger partial charge on any atom is 0.262 e. The number of nitrogens with zero attached hydrogens (tertiary/aromatic N) is 2. The molecule has 0 radical (unpaired) electrons. The van der Waals surface area contributed by atoms with Gasteiger partial charge in [-0.2, -0.15) is 4.99 Å². The number of carbonyl (C=O) groups is 3. The van der Waals surface area contributed by atoms with Crippen LogP contribution in [0.15, 0.2) is 29.3 Å². The van der Waals surface area contributed by atoms with Crippen molar-refractivity contribution in [2.24, 2.45) is 4.99 Å². The van der Waals surface area contributed by atoms with Crippen LogP contribution in [0.2, 0.25) is 0 Å². The fourth-order valence-electron chi connectivity index (χ4n) is 3.22. The van der Waals surface area contributed by atoms with Crippen LogP contribution in [-0.2, 0) is 9.59 Å². The molecule has 2 aliphatic heterocycles. The van der Waals surface area contributed by atoms with E-state index in [1.807, 2.05) is 13.8 Å². The highest BCUT2D eigenvalue weighted by Gasteiger charge is 2.33. The quantitative estimate of drug-likeness (QED) is 0.744. The molecule has 1 fully saturated rings. The molecule has 2 atom stereocenters. The number of carbonyl (C=O) groups excluding carboxylic acids is 3. The molecule has 3 amide bonds. The highest BCUT2D eigenvalue weighted by atomic mass is 32.2. The monoisotopic (exact) mass is 416 g/mol. The third kappa shape index (κ3) is 5.82. The van der Waals surface area contributed by atoms with Crippen LogP contribution in [0, 0.1) is 0 Å². The number of amidine groups is 1. The normalized spacial score (nSPS) is 20.2. The summed E-state index contributed by atoms with van der Waals surface area (Å²) >= 11 is 1.39. The number of rotatable bonds is 6. The van der Waals surface area contributed by atoms with E-state index in [2.05, 4.69) is 20.5 Å². The maximum absolute atomic E-state index is 12.4. The number of nitrogens with one attached hydrogen (secondary N) is 2. The average molecular weight is 417 g/mol. The van der Waals surface area contributed by atoms with Gasteiger partial charge in [-0.1, -0.05) is 18.7 Å². The van der Waals surface area contributed by atoms with Gasteiger partial charge in [0.1, 0.15) is 5.25 Å². The average Bonchev–Trinajstić information content (AvgIpc) is 3.09. The molecule has 0 bridgehead atoms.